The average molecular weight is 716 g/mol. The minimum Gasteiger partial charge on any atom is -0.329 e. The largest absolute Gasteiger partial charge is 0.329 e. The average Bonchev–Trinajstić information content (AvgIpc) is 3.80. The Balaban J connectivity index is 1.34. The van der Waals surface area contributed by atoms with Crippen molar-refractivity contribution >= 4 is 45.7 Å². The van der Waals surface area contributed by atoms with E-state index in [9.17, 15) is 0 Å². The summed E-state index contributed by atoms with van der Waals surface area (Å²) in [6.07, 6.45) is 7.37. The molecule has 0 saturated carbocycles. The van der Waals surface area contributed by atoms with Gasteiger partial charge in [-0.1, -0.05) is 54.6 Å². The Labute approximate surface area is 319 Å². The van der Waals surface area contributed by atoms with Crippen LogP contribution in [0.4, 0.5) is 17.2 Å². The van der Waals surface area contributed by atoms with Crippen molar-refractivity contribution in [2.75, 3.05) is 11.9 Å². The molecule has 5 aromatic heterocycles. The highest BCUT2D eigenvalue weighted by molar-refractivity contribution is 5.94. The van der Waals surface area contributed by atoms with Gasteiger partial charge in [-0.25, -0.2) is 24.9 Å². The van der Waals surface area contributed by atoms with Crippen molar-refractivity contribution in [1.82, 2.24) is 34.1 Å². The molecular formula is C46H37N9. The number of aliphatic imine (C=N–C) groups is 1. The molecule has 9 aromatic rings. The lowest BCUT2D eigenvalue weighted by Gasteiger charge is -2.22. The van der Waals surface area contributed by atoms with Gasteiger partial charge in [0.1, 0.15) is 28.5 Å². The van der Waals surface area contributed by atoms with Gasteiger partial charge in [-0.2, -0.15) is 0 Å². The summed E-state index contributed by atoms with van der Waals surface area (Å²) in [6.45, 7) is 6.43. The maximum absolute atomic E-state index is 5.34. The Morgan fingerprint density at radius 1 is 0.527 bits per heavy atom. The van der Waals surface area contributed by atoms with Gasteiger partial charge >= 0.3 is 0 Å². The fourth-order valence-corrected chi connectivity index (χ4v) is 7.57. The Kier molecular flexibility index (Phi) is 8.51. The molecule has 266 valence electrons. The predicted molar refractivity (Wildman–Crippen MR) is 222 cm³/mol. The molecule has 0 aliphatic carbocycles. The fraction of sp³-hybridized carbons (Fsp3) is 0.0870. The van der Waals surface area contributed by atoms with Crippen molar-refractivity contribution in [3.05, 3.63) is 168 Å². The molecule has 0 aliphatic rings. The Morgan fingerprint density at radius 3 is 1.53 bits per heavy atom. The number of fused-ring (bicyclic) bond motifs is 2. The molecule has 0 aliphatic heterocycles. The number of hydrogen-bond acceptors (Lipinski definition) is 7. The van der Waals surface area contributed by atoms with Crippen LogP contribution in [0.3, 0.4) is 0 Å². The smallest absolute Gasteiger partial charge is 0.164 e. The first-order valence-corrected chi connectivity index (χ1v) is 18.2. The number of pyridine rings is 3. The lowest BCUT2D eigenvalue weighted by atomic mass is 9.90. The first-order chi connectivity index (χ1) is 27.0. The van der Waals surface area contributed by atoms with Gasteiger partial charge < -0.3 is 4.90 Å². The van der Waals surface area contributed by atoms with Crippen LogP contribution in [0.25, 0.3) is 56.5 Å². The molecule has 0 atom stereocenters. The van der Waals surface area contributed by atoms with E-state index >= 15 is 0 Å². The summed E-state index contributed by atoms with van der Waals surface area (Å²) >= 11 is 0. The molecule has 0 radical (unpaired) electrons. The summed E-state index contributed by atoms with van der Waals surface area (Å²) in [7, 11) is 2.03. The van der Waals surface area contributed by atoms with E-state index in [0.29, 0.717) is 0 Å². The lowest BCUT2D eigenvalue weighted by Crippen LogP contribution is -2.13. The molecule has 9 nitrogen and oxygen atoms in total. The molecule has 9 heteroatoms. The zero-order chi connectivity index (χ0) is 37.5. The van der Waals surface area contributed by atoms with Gasteiger partial charge in [0, 0.05) is 65.6 Å². The number of rotatable bonds is 8. The summed E-state index contributed by atoms with van der Waals surface area (Å²) in [5.41, 5.74) is 12.8. The topological polar surface area (TPSA) is 89.9 Å². The van der Waals surface area contributed by atoms with Crippen molar-refractivity contribution in [3.8, 4) is 34.2 Å². The van der Waals surface area contributed by atoms with E-state index in [1.807, 2.05) is 123 Å². The molecule has 0 spiro atoms. The number of para-hydroxylation sites is 3. The van der Waals surface area contributed by atoms with Crippen molar-refractivity contribution in [2.45, 2.75) is 20.8 Å². The van der Waals surface area contributed by atoms with E-state index in [2.05, 4.69) is 71.2 Å². The maximum Gasteiger partial charge on any atom is 0.164 e. The molecule has 9 rings (SSSR count). The Hall–Kier alpha value is -7.26. The number of benzene rings is 4. The van der Waals surface area contributed by atoms with Crippen molar-refractivity contribution < 1.29 is 0 Å². The zero-order valence-electron chi connectivity index (χ0n) is 31.0. The first-order valence-electron chi connectivity index (χ1n) is 18.2. The van der Waals surface area contributed by atoms with Crippen LogP contribution in [0.2, 0.25) is 0 Å². The zero-order valence-corrected chi connectivity index (χ0v) is 31.0. The molecule has 55 heavy (non-hydrogen) atoms. The van der Waals surface area contributed by atoms with E-state index in [1.54, 1.807) is 0 Å². The quantitative estimate of drug-likeness (QED) is 0.146. The van der Waals surface area contributed by atoms with E-state index in [0.717, 1.165) is 95.9 Å². The van der Waals surface area contributed by atoms with Gasteiger partial charge in [-0.3, -0.25) is 14.1 Å². The van der Waals surface area contributed by atoms with Crippen LogP contribution >= 0.6 is 0 Å². The van der Waals surface area contributed by atoms with Crippen LogP contribution in [0, 0.1) is 20.8 Å². The van der Waals surface area contributed by atoms with Gasteiger partial charge in [0.15, 0.2) is 11.3 Å². The van der Waals surface area contributed by atoms with E-state index in [1.165, 1.54) is 0 Å². The summed E-state index contributed by atoms with van der Waals surface area (Å²) in [5, 5.41) is 0. The normalized spacial score (nSPS) is 11.6. The molecule has 0 saturated heterocycles. The maximum atomic E-state index is 5.34. The third kappa shape index (κ3) is 5.82. The van der Waals surface area contributed by atoms with E-state index < -0.39 is 0 Å². The van der Waals surface area contributed by atoms with Crippen LogP contribution in [0.15, 0.2) is 151 Å². The third-order valence-corrected chi connectivity index (χ3v) is 10.1. The molecule has 0 unspecified atom stereocenters. The second-order valence-electron chi connectivity index (χ2n) is 13.4. The monoisotopic (exact) mass is 715 g/mol. The van der Waals surface area contributed by atoms with Crippen molar-refractivity contribution in [3.63, 3.8) is 0 Å². The Morgan fingerprint density at radius 2 is 1.00 bits per heavy atom. The van der Waals surface area contributed by atoms with Crippen LogP contribution < -0.4 is 4.90 Å². The minimum atomic E-state index is 0.777. The second-order valence-corrected chi connectivity index (χ2v) is 13.4. The molecule has 0 N–H and O–H groups in total. The van der Waals surface area contributed by atoms with Gasteiger partial charge in [0.2, 0.25) is 0 Å². The van der Waals surface area contributed by atoms with E-state index in [4.69, 9.17) is 29.9 Å². The number of aromatic nitrogens is 7. The van der Waals surface area contributed by atoms with Gasteiger partial charge in [0.25, 0.3) is 0 Å². The van der Waals surface area contributed by atoms with Crippen LogP contribution in [-0.2, 0) is 0 Å². The van der Waals surface area contributed by atoms with Crippen LogP contribution in [0.5, 0.6) is 0 Å². The summed E-state index contributed by atoms with van der Waals surface area (Å²) < 4.78 is 4.29. The van der Waals surface area contributed by atoms with Gasteiger partial charge in [-0.15, -0.1) is 0 Å². The standard InChI is InChI=1S/C46H37N9/c1-30-39(45-51-37-24-15-27-48-43(37)54(45)35-20-10-6-11-21-35)31(2)41(50-29-33-17-14-26-47-42(33)53(4)34-18-8-5-9-19-34)32(3)40(30)46-52-38-25-16-28-49-44(38)55(46)36-22-12-7-13-23-36/h5-29H,1-4H3. The molecule has 0 fully saturated rings. The highest BCUT2D eigenvalue weighted by Crippen LogP contribution is 2.45. The first kappa shape index (κ1) is 33.6. The van der Waals surface area contributed by atoms with Crippen molar-refractivity contribution in [2.24, 2.45) is 4.99 Å². The Bertz CT molecular complexity index is 2710. The summed E-state index contributed by atoms with van der Waals surface area (Å²) in [6, 6.07) is 42.6. The second kappa shape index (κ2) is 13.9. The summed E-state index contributed by atoms with van der Waals surface area (Å²) in [5.74, 6) is 2.35. The van der Waals surface area contributed by atoms with Crippen LogP contribution in [0.1, 0.15) is 22.3 Å². The highest BCUT2D eigenvalue weighted by atomic mass is 15.2. The number of nitrogens with zero attached hydrogens (tertiary/aromatic N) is 9. The molecule has 0 amide bonds. The van der Waals surface area contributed by atoms with Crippen LogP contribution in [-0.4, -0.2) is 47.3 Å². The minimum absolute atomic E-state index is 0.777. The highest BCUT2D eigenvalue weighted by Gasteiger charge is 2.28. The molecular weight excluding hydrogens is 679 g/mol. The third-order valence-electron chi connectivity index (χ3n) is 10.1. The molecule has 5 heterocycles. The van der Waals surface area contributed by atoms with Crippen molar-refractivity contribution in [1.29, 1.82) is 0 Å². The van der Waals surface area contributed by atoms with Gasteiger partial charge in [-0.05, 0) is 110 Å². The van der Waals surface area contributed by atoms with E-state index in [-0.39, 0.29) is 0 Å². The molecule has 4 aromatic carbocycles. The fourth-order valence-electron chi connectivity index (χ4n) is 7.57. The SMILES string of the molecule is Cc1c(N=Cc2cccnc2N(C)c2ccccc2)c(C)c(-c2nc3cccnc3n2-c2ccccc2)c(C)c1-c1nc2cccnc2n1-c1ccccc1. The number of imidazole rings is 2. The van der Waals surface area contributed by atoms with Gasteiger partial charge in [0.05, 0.1) is 5.69 Å². The predicted octanol–water partition coefficient (Wildman–Crippen LogP) is 10.3. The summed E-state index contributed by atoms with van der Waals surface area (Å²) in [4.78, 5) is 32.5. The molecule has 0 bridgehead atoms. The lowest BCUT2D eigenvalue weighted by molar-refractivity contribution is 1.05. The number of anilines is 2. The number of hydrogen-bond donors (Lipinski definition) is 0.